The molecule has 120 valence electrons. The number of rotatable bonds is 3. The van der Waals surface area contributed by atoms with E-state index in [1.807, 2.05) is 0 Å². The topological polar surface area (TPSA) is 43.4 Å². The first-order chi connectivity index (χ1) is 10.7. The summed E-state index contributed by atoms with van der Waals surface area (Å²) in [5, 5.41) is 0. The predicted octanol–water partition coefficient (Wildman–Crippen LogP) is 4.40. The number of benzene rings is 2. The van der Waals surface area contributed by atoms with Gasteiger partial charge in [0.25, 0.3) is 0 Å². The van der Waals surface area contributed by atoms with E-state index in [1.54, 1.807) is 32.9 Å². The second-order valence-electron chi connectivity index (χ2n) is 6.00. The Balaban J connectivity index is 2.50. The van der Waals surface area contributed by atoms with Gasteiger partial charge in [-0.3, -0.25) is 4.79 Å². The lowest BCUT2D eigenvalue weighted by Crippen LogP contribution is -2.24. The Labute approximate surface area is 132 Å². The zero-order valence-electron chi connectivity index (χ0n) is 13.0. The molecule has 0 fully saturated rings. The molecule has 0 N–H and O–H groups in total. The molecule has 0 aliphatic heterocycles. The molecule has 2 aromatic rings. The molecular formula is C18H16F2O3. The first-order valence-electron chi connectivity index (χ1n) is 7.00. The summed E-state index contributed by atoms with van der Waals surface area (Å²) in [5.74, 6) is -3.43. The van der Waals surface area contributed by atoms with Crippen molar-refractivity contribution in [2.45, 2.75) is 26.4 Å². The third-order valence-electron chi connectivity index (χ3n) is 3.08. The molecule has 0 atom stereocenters. The molecule has 23 heavy (non-hydrogen) atoms. The normalized spacial score (nSPS) is 11.2. The fraction of sp³-hybridized carbons (Fsp3) is 0.222. The minimum Gasteiger partial charge on any atom is -0.456 e. The van der Waals surface area contributed by atoms with Gasteiger partial charge in [-0.15, -0.1) is 0 Å². The van der Waals surface area contributed by atoms with E-state index >= 15 is 0 Å². The molecule has 0 aliphatic carbocycles. The zero-order valence-corrected chi connectivity index (χ0v) is 13.0. The molecule has 2 aromatic carbocycles. The molecule has 0 heterocycles. The predicted molar refractivity (Wildman–Crippen MR) is 82.4 cm³/mol. The monoisotopic (exact) mass is 318 g/mol. The quantitative estimate of drug-likeness (QED) is 0.622. The molecule has 0 aromatic heterocycles. The van der Waals surface area contributed by atoms with Crippen molar-refractivity contribution >= 4 is 12.3 Å². The van der Waals surface area contributed by atoms with Crippen LogP contribution in [0, 0.1) is 11.6 Å². The van der Waals surface area contributed by atoms with Crippen molar-refractivity contribution in [2.75, 3.05) is 0 Å². The number of esters is 1. The molecule has 3 nitrogen and oxygen atoms in total. The highest BCUT2D eigenvalue weighted by Gasteiger charge is 2.24. The Morgan fingerprint density at radius 2 is 1.65 bits per heavy atom. The Hall–Kier alpha value is -2.56. The first-order valence-corrected chi connectivity index (χ1v) is 7.00. The number of hydrogen-bond donors (Lipinski definition) is 0. The fourth-order valence-electron chi connectivity index (χ4n) is 2.09. The summed E-state index contributed by atoms with van der Waals surface area (Å²) in [4.78, 5) is 23.0. The lowest BCUT2D eigenvalue weighted by Gasteiger charge is -2.20. The Bertz CT molecular complexity index is 761. The number of ether oxygens (including phenoxy) is 1. The maximum absolute atomic E-state index is 14.4. The van der Waals surface area contributed by atoms with Gasteiger partial charge in [0, 0.05) is 11.1 Å². The third-order valence-corrected chi connectivity index (χ3v) is 3.08. The van der Waals surface area contributed by atoms with Crippen LogP contribution in [0.5, 0.6) is 0 Å². The minimum atomic E-state index is -1.29. The molecule has 0 bridgehead atoms. The maximum atomic E-state index is 14.4. The third kappa shape index (κ3) is 3.62. The van der Waals surface area contributed by atoms with Gasteiger partial charge in [-0.05, 0) is 32.4 Å². The molecule has 0 radical (unpaired) electrons. The molecule has 2 rings (SSSR count). The average Bonchev–Trinajstić information content (AvgIpc) is 2.48. The van der Waals surface area contributed by atoms with Crippen molar-refractivity contribution in [2.24, 2.45) is 0 Å². The van der Waals surface area contributed by atoms with Gasteiger partial charge < -0.3 is 4.74 Å². The van der Waals surface area contributed by atoms with E-state index in [9.17, 15) is 18.4 Å². The highest BCUT2D eigenvalue weighted by atomic mass is 19.2. The van der Waals surface area contributed by atoms with Gasteiger partial charge in [0.2, 0.25) is 0 Å². The summed E-state index contributed by atoms with van der Waals surface area (Å²) >= 11 is 0. The van der Waals surface area contributed by atoms with Crippen LogP contribution in [0.25, 0.3) is 11.1 Å². The minimum absolute atomic E-state index is 0.0856. The van der Waals surface area contributed by atoms with Crippen molar-refractivity contribution in [3.63, 3.8) is 0 Å². The number of hydrogen-bond acceptors (Lipinski definition) is 3. The van der Waals surface area contributed by atoms with E-state index in [-0.39, 0.29) is 16.7 Å². The highest BCUT2D eigenvalue weighted by molar-refractivity contribution is 5.92. The summed E-state index contributed by atoms with van der Waals surface area (Å²) in [6.45, 7) is 4.90. The summed E-state index contributed by atoms with van der Waals surface area (Å²) in [6, 6.07) is 8.66. The Morgan fingerprint density at radius 1 is 1.00 bits per heavy atom. The second-order valence-corrected chi connectivity index (χ2v) is 6.00. The molecule has 0 saturated heterocycles. The van der Waals surface area contributed by atoms with Gasteiger partial charge >= 0.3 is 5.97 Å². The van der Waals surface area contributed by atoms with Gasteiger partial charge in [-0.2, -0.15) is 0 Å². The molecule has 0 amide bonds. The SMILES string of the molecule is CC(C)(C)OC(=O)c1ccc(-c2ccccc2C=O)c(F)c1F. The van der Waals surface area contributed by atoms with Crippen LogP contribution in [-0.2, 0) is 4.74 Å². The van der Waals surface area contributed by atoms with Crippen molar-refractivity contribution in [3.05, 3.63) is 59.2 Å². The van der Waals surface area contributed by atoms with Crippen molar-refractivity contribution in [1.82, 2.24) is 0 Å². The lowest BCUT2D eigenvalue weighted by molar-refractivity contribution is 0.00636. The summed E-state index contributed by atoms with van der Waals surface area (Å²) in [6.07, 6.45) is 0.564. The summed E-state index contributed by atoms with van der Waals surface area (Å²) in [5.41, 5.74) is -0.893. The highest BCUT2D eigenvalue weighted by Crippen LogP contribution is 2.29. The standard InChI is InChI=1S/C18H16F2O3/c1-18(2,3)23-17(22)14-9-8-13(15(19)16(14)20)12-7-5-4-6-11(12)10-21/h4-10H,1-3H3. The summed E-state index contributed by atoms with van der Waals surface area (Å²) < 4.78 is 33.7. The van der Waals surface area contributed by atoms with Crippen molar-refractivity contribution < 1.29 is 23.1 Å². The van der Waals surface area contributed by atoms with Crippen LogP contribution in [-0.4, -0.2) is 17.9 Å². The molecule has 5 heteroatoms. The number of carbonyl (C=O) groups is 2. The summed E-state index contributed by atoms with van der Waals surface area (Å²) in [7, 11) is 0. The van der Waals surface area contributed by atoms with Gasteiger partial charge in [-0.25, -0.2) is 13.6 Å². The average molecular weight is 318 g/mol. The van der Waals surface area contributed by atoms with E-state index in [2.05, 4.69) is 0 Å². The molecule has 0 spiro atoms. The molecule has 0 unspecified atom stereocenters. The molecular weight excluding hydrogens is 302 g/mol. The van der Waals surface area contributed by atoms with Crippen molar-refractivity contribution in [1.29, 1.82) is 0 Å². The lowest BCUT2D eigenvalue weighted by atomic mass is 9.98. The van der Waals surface area contributed by atoms with Gasteiger partial charge in [0.1, 0.15) is 5.60 Å². The first kappa shape index (κ1) is 16.8. The second kappa shape index (κ2) is 6.28. The zero-order chi connectivity index (χ0) is 17.2. The molecule has 0 aliphatic rings. The van der Waals surface area contributed by atoms with E-state index in [0.29, 0.717) is 6.29 Å². The van der Waals surface area contributed by atoms with Crippen LogP contribution >= 0.6 is 0 Å². The van der Waals surface area contributed by atoms with Crippen LogP contribution in [0.15, 0.2) is 36.4 Å². The van der Waals surface area contributed by atoms with Crippen LogP contribution in [0.4, 0.5) is 8.78 Å². The van der Waals surface area contributed by atoms with E-state index < -0.39 is 28.8 Å². The number of halogens is 2. The number of aldehydes is 1. The largest absolute Gasteiger partial charge is 0.456 e. The van der Waals surface area contributed by atoms with Crippen LogP contribution < -0.4 is 0 Å². The van der Waals surface area contributed by atoms with Crippen LogP contribution in [0.1, 0.15) is 41.5 Å². The van der Waals surface area contributed by atoms with E-state index in [0.717, 1.165) is 6.07 Å². The van der Waals surface area contributed by atoms with Crippen LogP contribution in [0.2, 0.25) is 0 Å². The van der Waals surface area contributed by atoms with Crippen LogP contribution in [0.3, 0.4) is 0 Å². The molecule has 0 saturated carbocycles. The Kier molecular flexibility index (Phi) is 4.59. The van der Waals surface area contributed by atoms with Gasteiger partial charge in [-0.1, -0.05) is 30.3 Å². The fourth-order valence-corrected chi connectivity index (χ4v) is 2.09. The smallest absolute Gasteiger partial charge is 0.341 e. The maximum Gasteiger partial charge on any atom is 0.341 e. The van der Waals surface area contributed by atoms with Crippen molar-refractivity contribution in [3.8, 4) is 11.1 Å². The Morgan fingerprint density at radius 3 is 2.26 bits per heavy atom. The number of carbonyl (C=O) groups excluding carboxylic acids is 2. The van der Waals surface area contributed by atoms with E-state index in [4.69, 9.17) is 4.74 Å². The van der Waals surface area contributed by atoms with Gasteiger partial charge in [0.05, 0.1) is 5.56 Å². The van der Waals surface area contributed by atoms with Gasteiger partial charge in [0.15, 0.2) is 17.9 Å². The van der Waals surface area contributed by atoms with E-state index in [1.165, 1.54) is 18.2 Å².